The molecular formula is C13H21ClN2O2S. The molecular weight excluding hydrogens is 284 g/mol. The van der Waals surface area contributed by atoms with E-state index >= 15 is 0 Å². The number of carbonyl (C=O) groups is 1. The summed E-state index contributed by atoms with van der Waals surface area (Å²) in [5, 5.41) is 2.00. The van der Waals surface area contributed by atoms with Crippen LogP contribution >= 0.6 is 23.7 Å². The molecule has 0 bridgehead atoms. The Kier molecular flexibility index (Phi) is 6.79. The molecule has 0 saturated carbocycles. The Morgan fingerprint density at radius 3 is 3.00 bits per heavy atom. The van der Waals surface area contributed by atoms with Crippen molar-refractivity contribution < 1.29 is 9.53 Å². The number of methoxy groups -OCH3 is 1. The van der Waals surface area contributed by atoms with Gasteiger partial charge in [0.25, 0.3) is 0 Å². The van der Waals surface area contributed by atoms with Crippen molar-refractivity contribution in [3.63, 3.8) is 0 Å². The van der Waals surface area contributed by atoms with E-state index < -0.39 is 0 Å². The van der Waals surface area contributed by atoms with Gasteiger partial charge in [0.05, 0.1) is 12.5 Å². The molecule has 1 aromatic rings. The van der Waals surface area contributed by atoms with Crippen molar-refractivity contribution in [1.29, 1.82) is 0 Å². The first-order valence-electron chi connectivity index (χ1n) is 6.29. The fourth-order valence-electron chi connectivity index (χ4n) is 2.44. The minimum absolute atomic E-state index is 0. The van der Waals surface area contributed by atoms with Crippen LogP contribution in [0.2, 0.25) is 0 Å². The Morgan fingerprint density at radius 1 is 1.63 bits per heavy atom. The first kappa shape index (κ1) is 16.4. The molecule has 1 amide bonds. The number of likely N-dealkylation sites (tertiary alicyclic amines) is 1. The van der Waals surface area contributed by atoms with Crippen LogP contribution in [-0.4, -0.2) is 43.2 Å². The van der Waals surface area contributed by atoms with Crippen molar-refractivity contribution in [3.05, 3.63) is 22.4 Å². The minimum atomic E-state index is 0. The number of carbonyl (C=O) groups excluding carboxylic acids is 1. The summed E-state index contributed by atoms with van der Waals surface area (Å²) in [5.74, 6) is 0.183. The van der Waals surface area contributed by atoms with E-state index in [0.29, 0.717) is 13.0 Å². The molecule has 6 heteroatoms. The summed E-state index contributed by atoms with van der Waals surface area (Å²) >= 11 is 1.63. The summed E-state index contributed by atoms with van der Waals surface area (Å²) in [6.07, 6.45) is 2.49. The highest BCUT2D eigenvalue weighted by Gasteiger charge is 2.30. The van der Waals surface area contributed by atoms with Gasteiger partial charge in [-0.05, 0) is 24.3 Å². The zero-order valence-corrected chi connectivity index (χ0v) is 12.7. The van der Waals surface area contributed by atoms with Crippen LogP contribution in [0, 0.1) is 0 Å². The lowest BCUT2D eigenvalue weighted by Gasteiger charge is -2.38. The highest BCUT2D eigenvalue weighted by molar-refractivity contribution is 7.10. The van der Waals surface area contributed by atoms with Gasteiger partial charge in [-0.1, -0.05) is 6.07 Å². The van der Waals surface area contributed by atoms with E-state index in [1.165, 1.54) is 0 Å². The Balaban J connectivity index is 0.00000180. The van der Waals surface area contributed by atoms with Gasteiger partial charge in [0, 0.05) is 31.1 Å². The third-order valence-corrected chi connectivity index (χ3v) is 4.38. The van der Waals surface area contributed by atoms with Gasteiger partial charge in [0.2, 0.25) is 5.91 Å². The molecule has 0 spiro atoms. The Bertz CT molecular complexity index is 386. The Morgan fingerprint density at radius 2 is 2.42 bits per heavy atom. The van der Waals surface area contributed by atoms with Crippen LogP contribution in [0.4, 0.5) is 0 Å². The molecule has 0 aliphatic carbocycles. The lowest BCUT2D eigenvalue weighted by molar-refractivity contribution is -0.136. The fraction of sp³-hybridized carbons (Fsp3) is 0.615. The van der Waals surface area contributed by atoms with Gasteiger partial charge in [-0.15, -0.1) is 23.7 Å². The predicted octanol–water partition coefficient (Wildman–Crippen LogP) is 1.68. The minimum Gasteiger partial charge on any atom is -0.381 e. The summed E-state index contributed by atoms with van der Waals surface area (Å²) in [6.45, 7) is 1.26. The maximum Gasteiger partial charge on any atom is 0.228 e. The van der Waals surface area contributed by atoms with E-state index in [1.54, 1.807) is 18.4 Å². The molecule has 1 aliphatic heterocycles. The number of nitrogens with two attached hydrogens (primary N) is 1. The Labute approximate surface area is 124 Å². The molecule has 19 heavy (non-hydrogen) atoms. The van der Waals surface area contributed by atoms with Crippen molar-refractivity contribution in [3.8, 4) is 0 Å². The second-order valence-corrected chi connectivity index (χ2v) is 5.65. The number of amides is 1. The monoisotopic (exact) mass is 304 g/mol. The van der Waals surface area contributed by atoms with Crippen molar-refractivity contribution in [2.45, 2.75) is 31.4 Å². The quantitative estimate of drug-likeness (QED) is 0.921. The van der Waals surface area contributed by atoms with Gasteiger partial charge in [-0.3, -0.25) is 4.79 Å². The lowest BCUT2D eigenvalue weighted by Crippen LogP contribution is -2.51. The van der Waals surface area contributed by atoms with Crippen molar-refractivity contribution >= 4 is 29.7 Å². The number of ether oxygens (including phenoxy) is 1. The van der Waals surface area contributed by atoms with E-state index in [2.05, 4.69) is 0 Å². The van der Waals surface area contributed by atoms with Crippen LogP contribution < -0.4 is 5.73 Å². The highest BCUT2D eigenvalue weighted by Crippen LogP contribution is 2.21. The van der Waals surface area contributed by atoms with Crippen LogP contribution in [-0.2, 0) is 16.0 Å². The molecule has 1 saturated heterocycles. The van der Waals surface area contributed by atoms with E-state index in [-0.39, 0.29) is 30.5 Å². The molecule has 0 radical (unpaired) electrons. The Hall–Kier alpha value is -0.620. The van der Waals surface area contributed by atoms with Gasteiger partial charge in [-0.25, -0.2) is 0 Å². The summed E-state index contributed by atoms with van der Waals surface area (Å²) in [7, 11) is 1.72. The molecule has 2 unspecified atom stereocenters. The van der Waals surface area contributed by atoms with Crippen LogP contribution in [0.5, 0.6) is 0 Å². The molecule has 0 aromatic carbocycles. The van der Waals surface area contributed by atoms with Gasteiger partial charge in [-0.2, -0.15) is 0 Å². The molecule has 2 N–H and O–H groups in total. The maximum atomic E-state index is 12.3. The first-order chi connectivity index (χ1) is 8.74. The van der Waals surface area contributed by atoms with Crippen molar-refractivity contribution in [1.82, 2.24) is 4.90 Å². The second-order valence-electron chi connectivity index (χ2n) is 4.61. The van der Waals surface area contributed by atoms with Crippen LogP contribution in [0.3, 0.4) is 0 Å². The molecule has 2 heterocycles. The van der Waals surface area contributed by atoms with E-state index in [1.807, 2.05) is 22.4 Å². The summed E-state index contributed by atoms with van der Waals surface area (Å²) in [6, 6.07) is 4.10. The standard InChI is InChI=1S/C13H20N2O2S.ClH/c1-17-11-4-5-15(10(7-11)9-14)13(16)8-12-3-2-6-18-12;/h2-3,6,10-11H,4-5,7-9,14H2,1H3;1H. The SMILES string of the molecule is COC1CCN(C(=O)Cc2cccs2)C(CN)C1.Cl. The maximum absolute atomic E-state index is 12.3. The second kappa shape index (κ2) is 7.85. The molecule has 1 aromatic heterocycles. The highest BCUT2D eigenvalue weighted by atomic mass is 35.5. The molecule has 1 fully saturated rings. The average Bonchev–Trinajstić information content (AvgIpc) is 2.90. The molecule has 2 rings (SSSR count). The fourth-order valence-corrected chi connectivity index (χ4v) is 3.14. The van der Waals surface area contributed by atoms with Crippen LogP contribution in [0.25, 0.3) is 0 Å². The zero-order chi connectivity index (χ0) is 13.0. The number of halogens is 1. The van der Waals surface area contributed by atoms with E-state index in [0.717, 1.165) is 24.3 Å². The van der Waals surface area contributed by atoms with Gasteiger partial charge < -0.3 is 15.4 Å². The first-order valence-corrected chi connectivity index (χ1v) is 7.17. The molecule has 4 nitrogen and oxygen atoms in total. The van der Waals surface area contributed by atoms with Gasteiger partial charge in [0.1, 0.15) is 0 Å². The lowest BCUT2D eigenvalue weighted by atomic mass is 9.99. The molecule has 2 atom stereocenters. The van der Waals surface area contributed by atoms with Crippen LogP contribution in [0.1, 0.15) is 17.7 Å². The van der Waals surface area contributed by atoms with Crippen molar-refractivity contribution in [2.75, 3.05) is 20.2 Å². The third kappa shape index (κ3) is 4.18. The molecule has 108 valence electrons. The summed E-state index contributed by atoms with van der Waals surface area (Å²) in [4.78, 5) is 15.3. The number of piperidine rings is 1. The van der Waals surface area contributed by atoms with E-state index in [9.17, 15) is 4.79 Å². The molecule has 1 aliphatic rings. The largest absolute Gasteiger partial charge is 0.381 e. The number of nitrogens with zero attached hydrogens (tertiary/aromatic N) is 1. The normalized spacial score (nSPS) is 22.9. The van der Waals surface area contributed by atoms with Crippen molar-refractivity contribution in [2.24, 2.45) is 5.73 Å². The predicted molar refractivity (Wildman–Crippen MR) is 79.9 cm³/mol. The zero-order valence-electron chi connectivity index (χ0n) is 11.1. The third-order valence-electron chi connectivity index (χ3n) is 3.50. The summed E-state index contributed by atoms with van der Waals surface area (Å²) < 4.78 is 5.37. The topological polar surface area (TPSA) is 55.6 Å². The number of rotatable bonds is 4. The number of hydrogen-bond acceptors (Lipinski definition) is 4. The van der Waals surface area contributed by atoms with Crippen LogP contribution in [0.15, 0.2) is 17.5 Å². The summed E-state index contributed by atoms with van der Waals surface area (Å²) in [5.41, 5.74) is 5.77. The van der Waals surface area contributed by atoms with E-state index in [4.69, 9.17) is 10.5 Å². The van der Waals surface area contributed by atoms with Gasteiger partial charge >= 0.3 is 0 Å². The van der Waals surface area contributed by atoms with Gasteiger partial charge in [0.15, 0.2) is 0 Å². The number of thiophene rings is 1. The number of hydrogen-bond donors (Lipinski definition) is 1. The smallest absolute Gasteiger partial charge is 0.228 e. The average molecular weight is 305 g/mol.